The fraction of sp³-hybridized carbons (Fsp3) is 0.255. The number of hydrogen-bond acceptors (Lipinski definition) is 0. The van der Waals surface area contributed by atoms with Crippen molar-refractivity contribution in [2.75, 3.05) is 0 Å². The van der Waals surface area contributed by atoms with Gasteiger partial charge in [0.15, 0.2) is 0 Å². The van der Waals surface area contributed by atoms with Gasteiger partial charge in [0.1, 0.15) is 0 Å². The van der Waals surface area contributed by atoms with Gasteiger partial charge in [0.25, 0.3) is 0 Å². The van der Waals surface area contributed by atoms with Gasteiger partial charge in [-0.2, -0.15) is 0 Å². The lowest BCUT2D eigenvalue weighted by atomic mass is 9.67. The summed E-state index contributed by atoms with van der Waals surface area (Å²) >= 11 is 0. The first-order chi connectivity index (χ1) is 72.1. The lowest BCUT2D eigenvalue weighted by Crippen LogP contribution is -2.28. The number of aryl methyl sites for hydroxylation is 2. The Labute approximate surface area is 881 Å². The molecule has 25 rings (SSSR count). The smallest absolute Gasteiger partial charge is 0.0714 e. The largest absolute Gasteiger partial charge is 0.309 e. The third kappa shape index (κ3) is 15.4. The molecule has 0 aliphatic heterocycles. The lowest BCUT2D eigenvalue weighted by Gasteiger charge is -2.34. The van der Waals surface area contributed by atoms with E-state index < -0.39 is 10.8 Å². The van der Waals surface area contributed by atoms with Gasteiger partial charge in [0.2, 0.25) is 0 Å². The molecule has 0 saturated heterocycles. The zero-order valence-electron chi connectivity index (χ0n) is 90.0. The van der Waals surface area contributed by atoms with E-state index >= 15 is 0 Å². The number of benzene rings is 18. The first-order valence-corrected chi connectivity index (χ1v) is 55.5. The fourth-order valence-corrected chi connectivity index (χ4v) is 27.1. The van der Waals surface area contributed by atoms with E-state index in [-0.39, 0.29) is 27.1 Å². The van der Waals surface area contributed by atoms with Crippen molar-refractivity contribution in [1.82, 2.24) is 18.3 Å². The molecule has 3 aliphatic rings. The van der Waals surface area contributed by atoms with Crippen LogP contribution in [0.5, 0.6) is 0 Å². The molecule has 0 fully saturated rings. The minimum atomic E-state index is -0.818. The molecule has 149 heavy (non-hydrogen) atoms. The van der Waals surface area contributed by atoms with Crippen LogP contribution in [-0.2, 0) is 37.9 Å². The molecule has 4 aromatic heterocycles. The number of nitrogens with zero attached hydrogens (tertiary/aromatic N) is 4. The van der Waals surface area contributed by atoms with Gasteiger partial charge in [-0.3, -0.25) is 0 Å². The second-order valence-electron chi connectivity index (χ2n) is 48.3. The van der Waals surface area contributed by atoms with Crippen molar-refractivity contribution in [1.29, 1.82) is 0 Å². The van der Waals surface area contributed by atoms with Crippen LogP contribution in [0.2, 0.25) is 0 Å². The standard InChI is InChI=1S/C145H138N4/c1-17-19-21-23-25-35-81-143(82-36-26-24-22-20-18-2)129-84-94(4)45-71-115(129)116-72-51-98(86-130(116)143)97-52-74-132-118(85-97)122-90-104(60-78-136(122)149(132)110-69-55-100(56-70-110)140(8,9)10)145(127-43-33-29-39-113(127)114-40-30-34-44-128(114)145)106-62-80-138-124(92-106)123-91-105(61-79-137(123)147(138)108-65-49-96(50-66-108)95-47-63-107(64-48-95)146-133-75-57-101(141(11,12)13)87-119(133)120-88-102(142(14,15)16)58-76-134(120)146)144(125-41-31-27-37-111(125)112-38-28-32-42-126(112)144)103-59-77-135-121(89-103)117-83-93(3)46-73-131(117)148(135)109-67-53-99(54-68-109)139(5,6)7/h27-34,37-80,83-92H,17-26,35-36,81-82H2,1-16H3. The van der Waals surface area contributed by atoms with Crippen molar-refractivity contribution >= 4 is 87.2 Å². The van der Waals surface area contributed by atoms with E-state index in [9.17, 15) is 0 Å². The second-order valence-corrected chi connectivity index (χ2v) is 48.3. The molecule has 3 aliphatic carbocycles. The summed E-state index contributed by atoms with van der Waals surface area (Å²) in [7, 11) is 0. The quantitative estimate of drug-likeness (QED) is 0.0537. The van der Waals surface area contributed by atoms with E-state index in [1.165, 1.54) is 294 Å². The molecule has 0 atom stereocenters. The normalized spacial score (nSPS) is 14.0. The van der Waals surface area contributed by atoms with Gasteiger partial charge in [-0.05, 0) is 334 Å². The monoisotopic (exact) mass is 1940 g/mol. The maximum absolute atomic E-state index is 2.68. The van der Waals surface area contributed by atoms with Crippen LogP contribution >= 0.6 is 0 Å². The fourth-order valence-electron chi connectivity index (χ4n) is 27.1. The Morgan fingerprint density at radius 1 is 0.195 bits per heavy atom. The summed E-state index contributed by atoms with van der Waals surface area (Å²) in [5, 5.41) is 9.91. The van der Waals surface area contributed by atoms with Crippen LogP contribution in [0, 0.1) is 13.8 Å². The Hall–Kier alpha value is -14.8. The van der Waals surface area contributed by atoms with E-state index in [1.54, 1.807) is 5.56 Å². The Morgan fingerprint density at radius 2 is 0.443 bits per heavy atom. The summed E-state index contributed by atoms with van der Waals surface area (Å²) in [5.74, 6) is 0. The van der Waals surface area contributed by atoms with Crippen molar-refractivity contribution in [3.63, 3.8) is 0 Å². The molecule has 0 spiro atoms. The first-order valence-electron chi connectivity index (χ1n) is 55.5. The van der Waals surface area contributed by atoms with Crippen molar-refractivity contribution in [3.8, 4) is 78.4 Å². The molecule has 4 heterocycles. The highest BCUT2D eigenvalue weighted by molar-refractivity contribution is 6.15. The number of aromatic nitrogens is 4. The average molecular weight is 1940 g/mol. The van der Waals surface area contributed by atoms with Crippen LogP contribution in [0.3, 0.4) is 0 Å². The zero-order chi connectivity index (χ0) is 102. The average Bonchev–Trinajstić information content (AvgIpc) is 1.52. The van der Waals surface area contributed by atoms with Crippen LogP contribution < -0.4 is 0 Å². The predicted molar refractivity (Wildman–Crippen MR) is 636 cm³/mol. The van der Waals surface area contributed by atoms with Crippen LogP contribution in [0.1, 0.15) is 276 Å². The minimum Gasteiger partial charge on any atom is -0.309 e. The molecule has 0 radical (unpaired) electrons. The number of rotatable bonds is 24. The van der Waals surface area contributed by atoms with Crippen LogP contribution in [0.25, 0.3) is 166 Å². The highest BCUT2D eigenvalue weighted by Gasteiger charge is 2.50. The van der Waals surface area contributed by atoms with E-state index in [0.29, 0.717) is 0 Å². The maximum atomic E-state index is 2.68. The molecule has 18 aromatic carbocycles. The van der Waals surface area contributed by atoms with Gasteiger partial charge in [0, 0.05) is 71.3 Å². The van der Waals surface area contributed by atoms with Gasteiger partial charge >= 0.3 is 0 Å². The van der Waals surface area contributed by atoms with Crippen molar-refractivity contribution in [3.05, 3.63) is 465 Å². The highest BCUT2D eigenvalue weighted by atomic mass is 15.0. The molecule has 0 amide bonds. The summed E-state index contributed by atoms with van der Waals surface area (Å²) in [6.45, 7) is 37.1. The topological polar surface area (TPSA) is 19.7 Å². The SMILES string of the molecule is CCCCCCCCC1(CCCCCCCC)c2cc(C)ccc2-c2ccc(-c3ccc4c(c3)c3cc(C5(c6ccc7c(c6)c6cc(C8(c9ccc%10c(c9)c9cc(C)ccc9n%10-c9ccc(C(C)(C)C)cc9)c9ccccc9-c9ccccc98)ccc6n7-c6ccc(-c7ccc(-n8c9ccc(C(C)(C)C)cc9c9cc(C(C)(C)C)ccc98)cc7)cc6)c6ccccc6-c6ccccc65)ccc3n4-c3ccc(C(C)(C)C)cc3)cc21. The zero-order valence-corrected chi connectivity index (χ0v) is 90.0. The minimum absolute atomic E-state index is 0.00278. The van der Waals surface area contributed by atoms with E-state index in [0.717, 1.165) is 44.9 Å². The van der Waals surface area contributed by atoms with Gasteiger partial charge in [-0.15, -0.1) is 0 Å². The number of unbranched alkanes of at least 4 members (excludes halogenated alkanes) is 10. The van der Waals surface area contributed by atoms with Gasteiger partial charge in [0.05, 0.1) is 55.0 Å². The van der Waals surface area contributed by atoms with Gasteiger partial charge < -0.3 is 18.3 Å². The molecule has 22 aromatic rings. The Balaban J connectivity index is 0.700. The van der Waals surface area contributed by atoms with Crippen LogP contribution in [0.4, 0.5) is 0 Å². The van der Waals surface area contributed by atoms with E-state index in [2.05, 4.69) is 505 Å². The molecule has 4 heteroatoms. The summed E-state index contributed by atoms with van der Waals surface area (Å²) in [4.78, 5) is 0. The Bertz CT molecular complexity index is 8890. The number of hydrogen-bond donors (Lipinski definition) is 0. The molecular weight excluding hydrogens is 1800 g/mol. The first kappa shape index (κ1) is 95.1. The predicted octanol–water partition coefficient (Wildman–Crippen LogP) is 39.7. The third-order valence-corrected chi connectivity index (χ3v) is 34.9. The molecule has 738 valence electrons. The van der Waals surface area contributed by atoms with Crippen molar-refractivity contribution in [2.45, 2.75) is 239 Å². The Kier molecular flexibility index (Phi) is 23.2. The molecule has 0 bridgehead atoms. The molecule has 0 unspecified atom stereocenters. The van der Waals surface area contributed by atoms with E-state index in [4.69, 9.17) is 0 Å². The Morgan fingerprint density at radius 3 is 0.805 bits per heavy atom. The summed E-state index contributed by atoms with van der Waals surface area (Å²) in [6, 6.07) is 149. The third-order valence-electron chi connectivity index (χ3n) is 34.9. The summed E-state index contributed by atoms with van der Waals surface area (Å²) in [5.41, 5.74) is 46.2. The summed E-state index contributed by atoms with van der Waals surface area (Å²) < 4.78 is 10.1. The van der Waals surface area contributed by atoms with Crippen molar-refractivity contribution in [2.24, 2.45) is 0 Å². The van der Waals surface area contributed by atoms with Gasteiger partial charge in [-0.1, -0.05) is 410 Å². The second kappa shape index (κ2) is 36.3. The molecule has 0 N–H and O–H groups in total. The molecular formula is C145H138N4. The van der Waals surface area contributed by atoms with Crippen LogP contribution in [-0.4, -0.2) is 18.3 Å². The van der Waals surface area contributed by atoms with Crippen LogP contribution in [0.15, 0.2) is 376 Å². The lowest BCUT2D eigenvalue weighted by molar-refractivity contribution is 0.398. The maximum Gasteiger partial charge on any atom is 0.0714 e. The molecule has 4 nitrogen and oxygen atoms in total. The molecule has 0 saturated carbocycles. The van der Waals surface area contributed by atoms with Crippen molar-refractivity contribution < 1.29 is 0 Å². The van der Waals surface area contributed by atoms with Gasteiger partial charge in [-0.25, -0.2) is 0 Å². The number of fused-ring (bicyclic) bond motifs is 21. The summed E-state index contributed by atoms with van der Waals surface area (Å²) in [6.07, 6.45) is 17.8. The van der Waals surface area contributed by atoms with E-state index in [1.807, 2.05) is 0 Å². The highest BCUT2D eigenvalue weighted by Crippen LogP contribution is 2.62.